The zero-order chi connectivity index (χ0) is 13.5. The number of hydrogen-bond donors (Lipinski definition) is 1. The highest BCUT2D eigenvalue weighted by molar-refractivity contribution is 5.46. The second-order valence-corrected chi connectivity index (χ2v) is 5.20. The van der Waals surface area contributed by atoms with Crippen LogP contribution in [0.25, 0.3) is 0 Å². The largest absolute Gasteiger partial charge is 0.490 e. The van der Waals surface area contributed by atoms with Gasteiger partial charge in [0.05, 0.1) is 13.2 Å². The van der Waals surface area contributed by atoms with E-state index in [9.17, 15) is 0 Å². The van der Waals surface area contributed by atoms with Crippen molar-refractivity contribution in [3.8, 4) is 11.5 Å². The second kappa shape index (κ2) is 7.39. The topological polar surface area (TPSA) is 44.5 Å². The Hall–Kier alpha value is -1.22. The van der Waals surface area contributed by atoms with Gasteiger partial charge >= 0.3 is 0 Å². The molecule has 0 saturated heterocycles. The molecule has 0 unspecified atom stereocenters. The highest BCUT2D eigenvalue weighted by Crippen LogP contribution is 2.33. The van der Waals surface area contributed by atoms with E-state index in [1.807, 2.05) is 25.1 Å². The zero-order valence-electron chi connectivity index (χ0n) is 11.9. The monoisotopic (exact) mass is 263 g/mol. The van der Waals surface area contributed by atoms with Crippen LogP contribution in [0.4, 0.5) is 0 Å². The van der Waals surface area contributed by atoms with Gasteiger partial charge in [-0.25, -0.2) is 0 Å². The van der Waals surface area contributed by atoms with E-state index in [0.717, 1.165) is 23.7 Å². The number of rotatable bonds is 6. The molecule has 0 heterocycles. The van der Waals surface area contributed by atoms with Crippen LogP contribution in [-0.2, 0) is 6.54 Å². The van der Waals surface area contributed by atoms with Crippen molar-refractivity contribution in [2.45, 2.75) is 45.6 Å². The summed E-state index contributed by atoms with van der Waals surface area (Å²) >= 11 is 0. The number of nitrogens with two attached hydrogens (primary N) is 1. The molecule has 0 amide bonds. The summed E-state index contributed by atoms with van der Waals surface area (Å²) in [6.07, 6.45) is 6.62. The second-order valence-electron chi connectivity index (χ2n) is 5.20. The molecule has 3 nitrogen and oxygen atoms in total. The molecule has 0 radical (unpaired) electrons. The molecule has 0 aromatic heterocycles. The average Bonchev–Trinajstić information content (AvgIpc) is 2.47. The first-order valence-corrected chi connectivity index (χ1v) is 7.42. The zero-order valence-corrected chi connectivity index (χ0v) is 11.9. The van der Waals surface area contributed by atoms with Crippen LogP contribution in [0.2, 0.25) is 0 Å². The Morgan fingerprint density at radius 3 is 2.63 bits per heavy atom. The Morgan fingerprint density at radius 1 is 1.16 bits per heavy atom. The molecular weight excluding hydrogens is 238 g/mol. The van der Waals surface area contributed by atoms with Gasteiger partial charge in [0, 0.05) is 12.1 Å². The van der Waals surface area contributed by atoms with Crippen molar-refractivity contribution in [2.24, 2.45) is 11.7 Å². The summed E-state index contributed by atoms with van der Waals surface area (Å²) in [6, 6.07) is 5.94. The molecule has 19 heavy (non-hydrogen) atoms. The lowest BCUT2D eigenvalue weighted by Gasteiger charge is -2.23. The number of hydrogen-bond acceptors (Lipinski definition) is 3. The fraction of sp³-hybridized carbons (Fsp3) is 0.625. The standard InChI is InChI=1S/C16H25NO2/c1-2-18-15-10-6-9-14(11-17)16(15)19-12-13-7-4-3-5-8-13/h6,9-10,13H,2-5,7-8,11-12,17H2,1H3. The number of benzene rings is 1. The van der Waals surface area contributed by atoms with Crippen molar-refractivity contribution in [2.75, 3.05) is 13.2 Å². The third-order valence-corrected chi connectivity index (χ3v) is 3.77. The Morgan fingerprint density at radius 2 is 1.95 bits per heavy atom. The van der Waals surface area contributed by atoms with Crippen LogP contribution < -0.4 is 15.2 Å². The van der Waals surface area contributed by atoms with E-state index in [1.165, 1.54) is 32.1 Å². The maximum absolute atomic E-state index is 6.05. The summed E-state index contributed by atoms with van der Waals surface area (Å²) in [5, 5.41) is 0. The summed E-state index contributed by atoms with van der Waals surface area (Å²) in [4.78, 5) is 0. The lowest BCUT2D eigenvalue weighted by molar-refractivity contribution is 0.198. The van der Waals surface area contributed by atoms with Gasteiger partial charge in [-0.15, -0.1) is 0 Å². The third-order valence-electron chi connectivity index (χ3n) is 3.77. The predicted octanol–water partition coefficient (Wildman–Crippen LogP) is 3.50. The van der Waals surface area contributed by atoms with Crippen molar-refractivity contribution in [1.82, 2.24) is 0 Å². The first-order chi connectivity index (χ1) is 9.35. The Balaban J connectivity index is 2.03. The molecule has 1 fully saturated rings. The van der Waals surface area contributed by atoms with E-state index in [4.69, 9.17) is 15.2 Å². The molecule has 1 aliphatic carbocycles. The van der Waals surface area contributed by atoms with E-state index in [2.05, 4.69) is 0 Å². The Bertz CT molecular complexity index is 386. The number of ether oxygens (including phenoxy) is 2. The van der Waals surface area contributed by atoms with Gasteiger partial charge in [0.25, 0.3) is 0 Å². The molecule has 1 aromatic carbocycles. The van der Waals surface area contributed by atoms with Gasteiger partial charge in [0.1, 0.15) is 0 Å². The third kappa shape index (κ3) is 3.87. The first-order valence-electron chi connectivity index (χ1n) is 7.42. The molecule has 0 aliphatic heterocycles. The molecule has 2 rings (SSSR count). The van der Waals surface area contributed by atoms with Gasteiger partial charge in [0.2, 0.25) is 0 Å². The van der Waals surface area contributed by atoms with Crippen LogP contribution in [0, 0.1) is 5.92 Å². The Labute approximate surface area is 116 Å². The Kier molecular flexibility index (Phi) is 5.52. The molecule has 1 aromatic rings. The van der Waals surface area contributed by atoms with Crippen molar-refractivity contribution in [3.05, 3.63) is 23.8 Å². The van der Waals surface area contributed by atoms with E-state index in [0.29, 0.717) is 19.1 Å². The van der Waals surface area contributed by atoms with E-state index >= 15 is 0 Å². The highest BCUT2D eigenvalue weighted by Gasteiger charge is 2.16. The van der Waals surface area contributed by atoms with Gasteiger partial charge in [0.15, 0.2) is 11.5 Å². The van der Waals surface area contributed by atoms with Crippen molar-refractivity contribution < 1.29 is 9.47 Å². The van der Waals surface area contributed by atoms with Crippen molar-refractivity contribution in [1.29, 1.82) is 0 Å². The van der Waals surface area contributed by atoms with E-state index in [-0.39, 0.29) is 0 Å². The molecule has 0 spiro atoms. The first kappa shape index (κ1) is 14.2. The van der Waals surface area contributed by atoms with Crippen LogP contribution in [0.1, 0.15) is 44.6 Å². The molecule has 3 heteroatoms. The molecule has 2 N–H and O–H groups in total. The van der Waals surface area contributed by atoms with Crippen LogP contribution >= 0.6 is 0 Å². The van der Waals surface area contributed by atoms with Crippen LogP contribution in [0.15, 0.2) is 18.2 Å². The summed E-state index contributed by atoms with van der Waals surface area (Å²) in [6.45, 7) is 3.91. The quantitative estimate of drug-likeness (QED) is 0.854. The van der Waals surface area contributed by atoms with Crippen LogP contribution in [-0.4, -0.2) is 13.2 Å². The molecule has 0 atom stereocenters. The summed E-state index contributed by atoms with van der Waals surface area (Å²) in [5.41, 5.74) is 6.82. The minimum absolute atomic E-state index is 0.487. The fourth-order valence-electron chi connectivity index (χ4n) is 2.71. The van der Waals surface area contributed by atoms with Crippen molar-refractivity contribution in [3.63, 3.8) is 0 Å². The lowest BCUT2D eigenvalue weighted by Crippen LogP contribution is -2.16. The van der Waals surface area contributed by atoms with E-state index < -0.39 is 0 Å². The minimum atomic E-state index is 0.487. The van der Waals surface area contributed by atoms with Gasteiger partial charge in [-0.2, -0.15) is 0 Å². The summed E-state index contributed by atoms with van der Waals surface area (Å²) < 4.78 is 11.7. The van der Waals surface area contributed by atoms with Crippen LogP contribution in [0.3, 0.4) is 0 Å². The molecular formula is C16H25NO2. The molecule has 1 saturated carbocycles. The smallest absolute Gasteiger partial charge is 0.165 e. The summed E-state index contributed by atoms with van der Waals surface area (Å²) in [7, 11) is 0. The number of para-hydroxylation sites is 1. The fourth-order valence-corrected chi connectivity index (χ4v) is 2.71. The molecule has 0 bridgehead atoms. The van der Waals surface area contributed by atoms with Crippen LogP contribution in [0.5, 0.6) is 11.5 Å². The van der Waals surface area contributed by atoms with Gasteiger partial charge in [-0.1, -0.05) is 31.4 Å². The van der Waals surface area contributed by atoms with E-state index in [1.54, 1.807) is 0 Å². The SMILES string of the molecule is CCOc1cccc(CN)c1OCC1CCCCC1. The van der Waals surface area contributed by atoms with Gasteiger partial charge < -0.3 is 15.2 Å². The minimum Gasteiger partial charge on any atom is -0.490 e. The normalized spacial score (nSPS) is 16.3. The maximum atomic E-state index is 6.05. The molecule has 106 valence electrons. The molecule has 1 aliphatic rings. The highest BCUT2D eigenvalue weighted by atomic mass is 16.5. The summed E-state index contributed by atoms with van der Waals surface area (Å²) in [5.74, 6) is 2.35. The van der Waals surface area contributed by atoms with Gasteiger partial charge in [-0.05, 0) is 31.7 Å². The van der Waals surface area contributed by atoms with Crippen molar-refractivity contribution >= 4 is 0 Å². The predicted molar refractivity (Wildman–Crippen MR) is 77.6 cm³/mol. The van der Waals surface area contributed by atoms with Gasteiger partial charge in [-0.3, -0.25) is 0 Å². The average molecular weight is 263 g/mol. The lowest BCUT2D eigenvalue weighted by atomic mass is 9.90. The maximum Gasteiger partial charge on any atom is 0.165 e.